The summed E-state index contributed by atoms with van der Waals surface area (Å²) < 4.78 is 16.9. The molecule has 142 valence electrons. The highest BCUT2D eigenvalue weighted by Crippen LogP contribution is 2.43. The van der Waals surface area contributed by atoms with Crippen molar-refractivity contribution in [2.75, 3.05) is 26.2 Å². The van der Waals surface area contributed by atoms with Crippen LogP contribution in [0.25, 0.3) is 0 Å². The fraction of sp³-hybridized carbons (Fsp3) is 0.545. The number of halogens is 1. The number of nitrogens with zero attached hydrogens (tertiary/aromatic N) is 3. The molecular weight excluding hydrogens is 339 g/mol. The van der Waals surface area contributed by atoms with Crippen LogP contribution in [0.3, 0.4) is 0 Å². The van der Waals surface area contributed by atoms with E-state index in [1.807, 2.05) is 13.0 Å². The van der Waals surface area contributed by atoms with E-state index in [0.29, 0.717) is 18.0 Å². The van der Waals surface area contributed by atoms with Gasteiger partial charge in [-0.15, -0.1) is 0 Å². The lowest BCUT2D eigenvalue weighted by molar-refractivity contribution is -0.380. The molecule has 0 bridgehead atoms. The quantitative estimate of drug-likeness (QED) is 0.611. The zero-order valence-corrected chi connectivity index (χ0v) is 16.4. The Kier molecular flexibility index (Phi) is 3.97. The number of hydrogen-bond acceptors (Lipinski definition) is 3. The average molecular weight is 367 g/mol. The maximum absolute atomic E-state index is 14.3. The van der Waals surface area contributed by atoms with E-state index >= 15 is 0 Å². The molecule has 0 saturated carbocycles. The van der Waals surface area contributed by atoms with Gasteiger partial charge in [-0.05, 0) is 24.5 Å². The average Bonchev–Trinajstić information content (AvgIpc) is 3.38. The third-order valence-electron chi connectivity index (χ3n) is 6.70. The van der Waals surface area contributed by atoms with Crippen molar-refractivity contribution in [3.8, 4) is 0 Å². The zero-order chi connectivity index (χ0) is 18.7. The molecule has 0 spiro atoms. The summed E-state index contributed by atoms with van der Waals surface area (Å²) in [5.74, 6) is 1.40. The summed E-state index contributed by atoms with van der Waals surface area (Å²) in [7, 11) is 0. The normalized spacial score (nSPS) is 29.3. The number of aryl methyl sites for hydroxylation is 1. The van der Waals surface area contributed by atoms with Gasteiger partial charge in [-0.2, -0.15) is 0 Å². The van der Waals surface area contributed by atoms with Crippen molar-refractivity contribution in [1.29, 1.82) is 0 Å². The highest BCUT2D eigenvalue weighted by molar-refractivity contribution is 6.03. The van der Waals surface area contributed by atoms with Crippen molar-refractivity contribution in [3.63, 3.8) is 0 Å². The maximum atomic E-state index is 14.3. The van der Waals surface area contributed by atoms with Crippen LogP contribution in [-0.2, 0) is 6.42 Å². The van der Waals surface area contributed by atoms with Gasteiger partial charge in [-0.1, -0.05) is 19.1 Å². The van der Waals surface area contributed by atoms with Gasteiger partial charge >= 0.3 is 0 Å². The summed E-state index contributed by atoms with van der Waals surface area (Å²) in [5.41, 5.74) is 5.57. The predicted octanol–water partition coefficient (Wildman–Crippen LogP) is 2.82. The van der Waals surface area contributed by atoms with Crippen molar-refractivity contribution in [2.24, 2.45) is 10.9 Å². The molecule has 5 rings (SSSR count). The molecule has 2 fully saturated rings. The van der Waals surface area contributed by atoms with Crippen LogP contribution >= 0.6 is 0 Å². The molecule has 4 aliphatic heterocycles. The molecule has 2 saturated heterocycles. The molecule has 0 aromatic heterocycles. The largest absolute Gasteiger partial charge is 0.354 e. The molecule has 3 atom stereocenters. The van der Waals surface area contributed by atoms with Gasteiger partial charge in [0.05, 0.1) is 17.2 Å². The number of allylic oxidation sites excluding steroid dienone is 1. The van der Waals surface area contributed by atoms with E-state index in [1.165, 1.54) is 16.8 Å². The molecule has 0 radical (unpaired) electrons. The summed E-state index contributed by atoms with van der Waals surface area (Å²) >= 11 is 0. The number of benzene rings is 1. The van der Waals surface area contributed by atoms with Crippen molar-refractivity contribution in [1.82, 2.24) is 10.2 Å². The summed E-state index contributed by atoms with van der Waals surface area (Å²) in [6, 6.07) is 4.59. The first-order valence-electron chi connectivity index (χ1n) is 10.3. The van der Waals surface area contributed by atoms with Gasteiger partial charge in [0.1, 0.15) is 11.7 Å². The van der Waals surface area contributed by atoms with Gasteiger partial charge in [-0.25, -0.2) is 14.0 Å². The zero-order valence-electron chi connectivity index (χ0n) is 16.4. The van der Waals surface area contributed by atoms with Gasteiger partial charge in [0.2, 0.25) is 12.1 Å². The second-order valence-corrected chi connectivity index (χ2v) is 8.30. The summed E-state index contributed by atoms with van der Waals surface area (Å²) in [4.78, 5) is 7.49. The summed E-state index contributed by atoms with van der Waals surface area (Å²) in [5, 5.41) is 3.43. The van der Waals surface area contributed by atoms with E-state index in [2.05, 4.69) is 34.7 Å². The molecule has 4 nitrogen and oxygen atoms in total. The summed E-state index contributed by atoms with van der Waals surface area (Å²) in [6.07, 6.45) is 4.51. The Hall–Kier alpha value is -2.01. The molecule has 1 aromatic rings. The lowest BCUT2D eigenvalue weighted by Crippen LogP contribution is -2.48. The van der Waals surface area contributed by atoms with E-state index in [-0.39, 0.29) is 5.82 Å². The highest BCUT2D eigenvalue weighted by atomic mass is 19.1. The van der Waals surface area contributed by atoms with Gasteiger partial charge in [0.25, 0.3) is 0 Å². The van der Waals surface area contributed by atoms with Gasteiger partial charge in [-0.3, -0.25) is 0 Å². The Balaban J connectivity index is 1.69. The maximum Gasteiger partial charge on any atom is 0.243 e. The van der Waals surface area contributed by atoms with E-state index in [9.17, 15) is 4.39 Å². The van der Waals surface area contributed by atoms with Crippen LogP contribution in [0, 0.1) is 18.7 Å². The minimum atomic E-state index is -0.156. The van der Waals surface area contributed by atoms with Crippen LogP contribution in [0.15, 0.2) is 28.8 Å². The highest BCUT2D eigenvalue weighted by Gasteiger charge is 2.62. The molecule has 4 aliphatic rings. The second kappa shape index (κ2) is 6.26. The fourth-order valence-electron chi connectivity index (χ4n) is 5.11. The Morgan fingerprint density at radius 3 is 2.78 bits per heavy atom. The number of aliphatic imine (C=N–C) groups is 1. The molecule has 3 unspecified atom stereocenters. The lowest BCUT2D eigenvalue weighted by Gasteiger charge is -2.32. The number of hydrogen-bond donors (Lipinski definition) is 1. The van der Waals surface area contributed by atoms with E-state index in [4.69, 9.17) is 4.99 Å². The van der Waals surface area contributed by atoms with E-state index in [1.54, 1.807) is 6.07 Å². The molecular formula is C22H28FN4+. The number of piperazine rings is 1. The third-order valence-corrected chi connectivity index (χ3v) is 6.70. The fourth-order valence-corrected chi connectivity index (χ4v) is 5.11. The molecule has 4 heterocycles. The van der Waals surface area contributed by atoms with Crippen LogP contribution in [0.4, 0.5) is 10.1 Å². The molecule has 27 heavy (non-hydrogen) atoms. The predicted molar refractivity (Wildman–Crippen MR) is 107 cm³/mol. The molecule has 0 aliphatic carbocycles. The van der Waals surface area contributed by atoms with Crippen molar-refractivity contribution < 1.29 is 8.97 Å². The first kappa shape index (κ1) is 17.1. The molecule has 5 heteroatoms. The van der Waals surface area contributed by atoms with Crippen LogP contribution < -0.4 is 5.32 Å². The van der Waals surface area contributed by atoms with Crippen molar-refractivity contribution in [2.45, 2.75) is 45.7 Å². The number of amidine groups is 1. The molecule has 1 aromatic carbocycles. The van der Waals surface area contributed by atoms with Gasteiger partial charge in [0, 0.05) is 45.6 Å². The topological polar surface area (TPSA) is 30.6 Å². The van der Waals surface area contributed by atoms with Gasteiger partial charge in [0.15, 0.2) is 5.71 Å². The van der Waals surface area contributed by atoms with Crippen molar-refractivity contribution >= 4 is 17.2 Å². The van der Waals surface area contributed by atoms with Crippen LogP contribution in [0.5, 0.6) is 0 Å². The van der Waals surface area contributed by atoms with Crippen LogP contribution in [0.2, 0.25) is 0 Å². The van der Waals surface area contributed by atoms with E-state index in [0.717, 1.165) is 56.1 Å². The monoisotopic (exact) mass is 367 g/mol. The smallest absolute Gasteiger partial charge is 0.243 e. The third kappa shape index (κ3) is 2.66. The Labute approximate surface area is 160 Å². The number of fused-ring (bicyclic) bond motifs is 2. The molecule has 0 amide bonds. The van der Waals surface area contributed by atoms with Crippen molar-refractivity contribution in [3.05, 3.63) is 40.7 Å². The Bertz CT molecular complexity index is 892. The lowest BCUT2D eigenvalue weighted by atomic mass is 9.92. The summed E-state index contributed by atoms with van der Waals surface area (Å²) in [6.45, 7) is 10.3. The van der Waals surface area contributed by atoms with E-state index < -0.39 is 0 Å². The van der Waals surface area contributed by atoms with Crippen LogP contribution in [-0.4, -0.2) is 59.3 Å². The molecule has 1 N–H and O–H groups in total. The number of rotatable bonds is 1. The van der Waals surface area contributed by atoms with Crippen LogP contribution in [0.1, 0.15) is 31.4 Å². The Morgan fingerprint density at radius 1 is 1.26 bits per heavy atom. The Morgan fingerprint density at radius 2 is 2.04 bits per heavy atom. The standard InChI is InChI=1S/C22H28FN4/c1-4-15-10-17-21-20(27(21)14(15)3)11-16-9-13(2)18(23)12-19(16)25-22(17)26-7-5-24-6-8-26/h9-10,12,15,20-21,24H,4-8,11H2,1-3H3/q+1. The number of nitrogens with one attached hydrogen (secondary N) is 1. The first-order valence-corrected chi connectivity index (χ1v) is 10.3. The SMILES string of the molecule is CCC1C=C2C(N3CCNCC3)=Nc3cc(F)c(C)cc3CC3C2[N+]3=C1C. The minimum absolute atomic E-state index is 0.156. The minimum Gasteiger partial charge on any atom is -0.354 e. The first-order chi connectivity index (χ1) is 13.1. The second-order valence-electron chi connectivity index (χ2n) is 8.30. The van der Waals surface area contributed by atoms with Gasteiger partial charge < -0.3 is 10.2 Å².